The molecule has 0 atom stereocenters. The number of rotatable bonds is 6. The van der Waals surface area contributed by atoms with Crippen molar-refractivity contribution < 1.29 is 9.53 Å². The smallest absolute Gasteiger partial charge is 0.155 e. The van der Waals surface area contributed by atoms with E-state index in [1.807, 2.05) is 6.08 Å². The third-order valence-corrected chi connectivity index (χ3v) is 1.00. The second-order valence-corrected chi connectivity index (χ2v) is 2.19. The molecule has 0 radical (unpaired) electrons. The van der Waals surface area contributed by atoms with Crippen LogP contribution in [0.2, 0.25) is 0 Å². The fraction of sp³-hybridized carbons (Fsp3) is 0.625. The highest BCUT2D eigenvalue weighted by Gasteiger charge is 1.90. The summed E-state index contributed by atoms with van der Waals surface area (Å²) in [6.45, 7) is 6.00. The van der Waals surface area contributed by atoms with E-state index in [9.17, 15) is 4.79 Å². The maximum Gasteiger partial charge on any atom is 0.155 e. The van der Waals surface area contributed by atoms with Crippen molar-refractivity contribution in [2.24, 2.45) is 0 Å². The molecule has 2 heteroatoms. The van der Waals surface area contributed by atoms with Crippen molar-refractivity contribution in [2.75, 3.05) is 13.2 Å². The average Bonchev–Trinajstić information content (AvgIpc) is 1.87. The minimum absolute atomic E-state index is 0.0820. The predicted octanol–water partition coefficient (Wildman–Crippen LogP) is 1.56. The van der Waals surface area contributed by atoms with Gasteiger partial charge in [-0.1, -0.05) is 6.08 Å². The van der Waals surface area contributed by atoms with Gasteiger partial charge in [-0.05, 0) is 19.8 Å². The van der Waals surface area contributed by atoms with Crippen LogP contribution in [0.25, 0.3) is 0 Å². The van der Waals surface area contributed by atoms with Crippen LogP contribution in [0.15, 0.2) is 12.7 Å². The molecule has 0 rings (SSSR count). The number of hydrogen-bond donors (Lipinski definition) is 0. The number of ether oxygens (including phenoxy) is 1. The van der Waals surface area contributed by atoms with Crippen LogP contribution in [-0.4, -0.2) is 19.0 Å². The number of allylic oxidation sites excluding steroid dienone is 1. The Morgan fingerprint density at radius 3 is 2.90 bits per heavy atom. The van der Waals surface area contributed by atoms with E-state index in [0.717, 1.165) is 12.8 Å². The first-order valence-corrected chi connectivity index (χ1v) is 3.45. The molecule has 0 spiro atoms. The molecule has 0 aromatic carbocycles. The van der Waals surface area contributed by atoms with E-state index in [1.54, 1.807) is 0 Å². The lowest BCUT2D eigenvalue weighted by Crippen LogP contribution is -2.04. The molecule has 0 bridgehead atoms. The van der Waals surface area contributed by atoms with Crippen LogP contribution in [0.1, 0.15) is 19.8 Å². The van der Waals surface area contributed by atoms with Crippen molar-refractivity contribution in [1.82, 2.24) is 0 Å². The molecule has 0 aromatic rings. The van der Waals surface area contributed by atoms with Gasteiger partial charge >= 0.3 is 0 Å². The second-order valence-electron chi connectivity index (χ2n) is 2.19. The maximum atomic E-state index is 10.3. The van der Waals surface area contributed by atoms with Crippen molar-refractivity contribution >= 4 is 5.78 Å². The first-order valence-electron chi connectivity index (χ1n) is 3.45. The molecule has 0 aromatic heterocycles. The van der Waals surface area contributed by atoms with Crippen LogP contribution < -0.4 is 0 Å². The number of ketones is 1. The van der Waals surface area contributed by atoms with Gasteiger partial charge in [0.25, 0.3) is 0 Å². The molecule has 0 aliphatic rings. The Morgan fingerprint density at radius 1 is 1.70 bits per heavy atom. The van der Waals surface area contributed by atoms with Gasteiger partial charge in [0.05, 0.1) is 0 Å². The molecule has 58 valence electrons. The standard InChI is InChI=1S/C8H14O2/c1-3-4-5-6-10-7-8(2)9/h3H,1,4-7H2,2H3. The van der Waals surface area contributed by atoms with Crippen LogP contribution in [-0.2, 0) is 9.53 Å². The highest BCUT2D eigenvalue weighted by Crippen LogP contribution is 1.89. The minimum atomic E-state index is 0.0820. The zero-order valence-electron chi connectivity index (χ0n) is 6.43. The average molecular weight is 142 g/mol. The third kappa shape index (κ3) is 7.37. The first-order chi connectivity index (χ1) is 4.77. The van der Waals surface area contributed by atoms with E-state index in [-0.39, 0.29) is 12.4 Å². The summed E-state index contributed by atoms with van der Waals surface area (Å²) in [5, 5.41) is 0. The zero-order chi connectivity index (χ0) is 7.82. The topological polar surface area (TPSA) is 26.3 Å². The van der Waals surface area contributed by atoms with E-state index in [2.05, 4.69) is 6.58 Å². The lowest BCUT2D eigenvalue weighted by Gasteiger charge is -1.97. The minimum Gasteiger partial charge on any atom is -0.374 e. The summed E-state index contributed by atoms with van der Waals surface area (Å²) in [4.78, 5) is 10.3. The summed E-state index contributed by atoms with van der Waals surface area (Å²) in [5.74, 6) is 0.0820. The first kappa shape index (κ1) is 9.37. The van der Waals surface area contributed by atoms with Gasteiger partial charge in [-0.15, -0.1) is 6.58 Å². The summed E-state index contributed by atoms with van der Waals surface area (Å²) in [7, 11) is 0. The van der Waals surface area contributed by atoms with Crippen LogP contribution in [0.4, 0.5) is 0 Å². The van der Waals surface area contributed by atoms with E-state index in [1.165, 1.54) is 6.92 Å². The molecule has 0 aliphatic heterocycles. The highest BCUT2D eigenvalue weighted by molar-refractivity contribution is 5.76. The summed E-state index contributed by atoms with van der Waals surface area (Å²) >= 11 is 0. The van der Waals surface area contributed by atoms with E-state index < -0.39 is 0 Å². The highest BCUT2D eigenvalue weighted by atomic mass is 16.5. The molecule has 0 fully saturated rings. The summed E-state index contributed by atoms with van der Waals surface area (Å²) in [5.41, 5.74) is 0. The van der Waals surface area contributed by atoms with Gasteiger partial charge in [0, 0.05) is 6.61 Å². The predicted molar refractivity (Wildman–Crippen MR) is 40.9 cm³/mol. The van der Waals surface area contributed by atoms with Gasteiger partial charge < -0.3 is 4.74 Å². The van der Waals surface area contributed by atoms with Crippen LogP contribution in [0, 0.1) is 0 Å². The summed E-state index contributed by atoms with van der Waals surface area (Å²) < 4.78 is 5.00. The van der Waals surface area contributed by atoms with Crippen molar-refractivity contribution in [1.29, 1.82) is 0 Å². The van der Waals surface area contributed by atoms with Crippen LogP contribution in [0.3, 0.4) is 0 Å². The molecular formula is C8H14O2. The molecule has 0 aliphatic carbocycles. The molecule has 0 unspecified atom stereocenters. The molecule has 0 amide bonds. The Labute approximate surface area is 61.9 Å². The lowest BCUT2D eigenvalue weighted by molar-refractivity contribution is -0.121. The van der Waals surface area contributed by atoms with Gasteiger partial charge in [0.1, 0.15) is 6.61 Å². The molecule has 0 heterocycles. The largest absolute Gasteiger partial charge is 0.374 e. The molecule has 10 heavy (non-hydrogen) atoms. The number of carbonyl (C=O) groups excluding carboxylic acids is 1. The maximum absolute atomic E-state index is 10.3. The Kier molecular flexibility index (Phi) is 6.08. The second kappa shape index (κ2) is 6.49. The van der Waals surface area contributed by atoms with E-state index in [4.69, 9.17) is 4.74 Å². The lowest BCUT2D eigenvalue weighted by atomic mass is 10.3. The zero-order valence-corrected chi connectivity index (χ0v) is 6.43. The van der Waals surface area contributed by atoms with Gasteiger partial charge in [-0.3, -0.25) is 4.79 Å². The molecular weight excluding hydrogens is 128 g/mol. The Morgan fingerprint density at radius 2 is 2.40 bits per heavy atom. The molecule has 0 N–H and O–H groups in total. The third-order valence-electron chi connectivity index (χ3n) is 1.00. The fourth-order valence-corrected chi connectivity index (χ4v) is 0.546. The van der Waals surface area contributed by atoms with Gasteiger partial charge in [0.15, 0.2) is 5.78 Å². The number of Topliss-reactive ketones (excluding diaryl/α,β-unsaturated/α-hetero) is 1. The van der Waals surface area contributed by atoms with Crippen molar-refractivity contribution in [3.8, 4) is 0 Å². The van der Waals surface area contributed by atoms with Crippen molar-refractivity contribution in [3.05, 3.63) is 12.7 Å². The summed E-state index contributed by atoms with van der Waals surface area (Å²) in [6, 6.07) is 0. The van der Waals surface area contributed by atoms with Crippen LogP contribution in [0.5, 0.6) is 0 Å². The summed E-state index contributed by atoms with van der Waals surface area (Å²) in [6.07, 6.45) is 3.76. The van der Waals surface area contributed by atoms with Crippen LogP contribution >= 0.6 is 0 Å². The normalized spacial score (nSPS) is 9.30. The number of hydrogen-bond acceptors (Lipinski definition) is 2. The monoisotopic (exact) mass is 142 g/mol. The Balaban J connectivity index is 2.90. The Hall–Kier alpha value is -0.630. The fourth-order valence-electron chi connectivity index (χ4n) is 0.546. The number of unbranched alkanes of at least 4 members (excludes halogenated alkanes) is 1. The van der Waals surface area contributed by atoms with Gasteiger partial charge in [-0.25, -0.2) is 0 Å². The molecule has 2 nitrogen and oxygen atoms in total. The van der Waals surface area contributed by atoms with E-state index in [0.29, 0.717) is 6.61 Å². The quantitative estimate of drug-likeness (QED) is 0.415. The number of carbonyl (C=O) groups is 1. The van der Waals surface area contributed by atoms with E-state index >= 15 is 0 Å². The van der Waals surface area contributed by atoms with Crippen molar-refractivity contribution in [3.63, 3.8) is 0 Å². The van der Waals surface area contributed by atoms with Gasteiger partial charge in [-0.2, -0.15) is 0 Å². The van der Waals surface area contributed by atoms with Gasteiger partial charge in [0.2, 0.25) is 0 Å². The SMILES string of the molecule is C=CCCCOCC(C)=O. The molecule has 0 saturated carbocycles. The Bertz CT molecular complexity index is 108. The molecule has 0 saturated heterocycles. The van der Waals surface area contributed by atoms with Crippen molar-refractivity contribution in [2.45, 2.75) is 19.8 Å².